The van der Waals surface area contributed by atoms with Gasteiger partial charge in [-0.1, -0.05) is 30.3 Å². The second-order valence-electron chi connectivity index (χ2n) is 10.5. The lowest BCUT2D eigenvalue weighted by atomic mass is 9.85. The topological polar surface area (TPSA) is 81.7 Å². The van der Waals surface area contributed by atoms with Crippen LogP contribution in [0, 0.1) is 0 Å². The molecule has 4 atom stereocenters. The van der Waals surface area contributed by atoms with Crippen LogP contribution in [0.4, 0.5) is 5.69 Å². The summed E-state index contributed by atoms with van der Waals surface area (Å²) in [5.41, 5.74) is 4.57. The molecule has 222 valence electrons. The van der Waals surface area contributed by atoms with Gasteiger partial charge in [0.1, 0.15) is 12.4 Å². The maximum atomic E-state index is 9.89. The number of benzene rings is 2. The van der Waals surface area contributed by atoms with E-state index in [-0.39, 0.29) is 18.1 Å². The van der Waals surface area contributed by atoms with Gasteiger partial charge in [-0.15, -0.1) is 0 Å². The highest BCUT2D eigenvalue weighted by Gasteiger charge is 2.36. The van der Waals surface area contributed by atoms with Crippen molar-refractivity contribution in [2.24, 2.45) is 0 Å². The molecule has 4 rings (SSSR count). The van der Waals surface area contributed by atoms with Crippen LogP contribution in [0.3, 0.4) is 0 Å². The number of nitrogens with zero attached hydrogens (tertiary/aromatic N) is 1. The Morgan fingerprint density at radius 2 is 1.82 bits per heavy atom. The maximum absolute atomic E-state index is 9.89. The summed E-state index contributed by atoms with van der Waals surface area (Å²) in [4.78, 5) is 2.37. The van der Waals surface area contributed by atoms with Gasteiger partial charge in [-0.3, -0.25) is 0 Å². The third kappa shape index (κ3) is 9.08. The minimum atomic E-state index is -0.521. The first-order valence-electron chi connectivity index (χ1n) is 14.4. The molecule has 0 spiro atoms. The van der Waals surface area contributed by atoms with Crippen LogP contribution < -0.4 is 15.0 Å². The lowest BCUT2D eigenvalue weighted by Crippen LogP contribution is -2.51. The molecule has 2 N–H and O–H groups in total. The Kier molecular flexibility index (Phi) is 12.9. The standard InChI is InChI=1S/C31H46N2O6S/c1-23(34)20-38-29-18-32-19-30(31(29)26-8-5-24(6-9-26)21-36-15-16-40-3)39-22-25-7-10-28-27(17-25)33(12-14-37-28)11-4-13-35-2/h5-10,17,23,29-32,34H,4,11-16,18-22H2,1-3H3/t23-,29-,30+,31+/m1/s1. The molecule has 1 saturated heterocycles. The highest BCUT2D eigenvalue weighted by Crippen LogP contribution is 2.34. The molecule has 9 heteroatoms. The number of thioether (sulfide) groups is 1. The van der Waals surface area contributed by atoms with Gasteiger partial charge in [0.25, 0.3) is 0 Å². The lowest BCUT2D eigenvalue weighted by molar-refractivity contribution is -0.0752. The van der Waals surface area contributed by atoms with Gasteiger partial charge in [0, 0.05) is 45.0 Å². The van der Waals surface area contributed by atoms with E-state index in [0.717, 1.165) is 67.6 Å². The molecule has 0 unspecified atom stereocenters. The fraction of sp³-hybridized carbons (Fsp3) is 0.613. The van der Waals surface area contributed by atoms with E-state index in [9.17, 15) is 5.11 Å². The Labute approximate surface area is 243 Å². The summed E-state index contributed by atoms with van der Waals surface area (Å²) in [6.07, 6.45) is 2.35. The second-order valence-corrected chi connectivity index (χ2v) is 11.5. The molecule has 0 bridgehead atoms. The third-order valence-corrected chi connectivity index (χ3v) is 7.91. The number of hydrogen-bond donors (Lipinski definition) is 2. The van der Waals surface area contributed by atoms with E-state index in [1.165, 1.54) is 5.56 Å². The van der Waals surface area contributed by atoms with Crippen molar-refractivity contribution < 1.29 is 28.8 Å². The minimum Gasteiger partial charge on any atom is -0.490 e. The summed E-state index contributed by atoms with van der Waals surface area (Å²) in [5.74, 6) is 1.96. The molecule has 0 aliphatic carbocycles. The molecule has 2 aromatic carbocycles. The van der Waals surface area contributed by atoms with E-state index >= 15 is 0 Å². The predicted octanol–water partition coefficient (Wildman–Crippen LogP) is 3.84. The number of hydrogen-bond acceptors (Lipinski definition) is 9. The summed E-state index contributed by atoms with van der Waals surface area (Å²) in [6.45, 7) is 8.59. The first-order chi connectivity index (χ1) is 19.6. The van der Waals surface area contributed by atoms with Crippen LogP contribution in [0.1, 0.15) is 36.0 Å². The summed E-state index contributed by atoms with van der Waals surface area (Å²) in [5, 5.41) is 13.4. The average Bonchev–Trinajstić information content (AvgIpc) is 2.98. The minimum absolute atomic E-state index is 0.0398. The van der Waals surface area contributed by atoms with Gasteiger partial charge in [-0.25, -0.2) is 0 Å². The van der Waals surface area contributed by atoms with Gasteiger partial charge in [0.2, 0.25) is 0 Å². The molecule has 2 aliphatic heterocycles. The zero-order valence-electron chi connectivity index (χ0n) is 24.2. The Morgan fingerprint density at radius 1 is 1.05 bits per heavy atom. The van der Waals surface area contributed by atoms with E-state index in [1.54, 1.807) is 25.8 Å². The molecule has 0 aromatic heterocycles. The SMILES string of the molecule is COCCCN1CCOc2ccc(CO[C@H]3CNC[C@@H](OC[C@@H](C)O)[C@@H]3c3ccc(COCCSC)cc3)cc21. The lowest BCUT2D eigenvalue weighted by Gasteiger charge is -2.39. The number of ether oxygens (including phenoxy) is 5. The summed E-state index contributed by atoms with van der Waals surface area (Å²) >= 11 is 1.79. The molecular weight excluding hydrogens is 528 g/mol. The number of methoxy groups -OCH3 is 1. The van der Waals surface area contributed by atoms with Crippen molar-refractivity contribution in [3.05, 3.63) is 59.2 Å². The van der Waals surface area contributed by atoms with Crippen LogP contribution in [0.15, 0.2) is 42.5 Å². The number of piperidine rings is 1. The predicted molar refractivity (Wildman–Crippen MR) is 161 cm³/mol. The Hall–Kier alpha value is -1.85. The molecule has 0 amide bonds. The number of fused-ring (bicyclic) bond motifs is 1. The molecule has 2 heterocycles. The maximum Gasteiger partial charge on any atom is 0.142 e. The molecule has 40 heavy (non-hydrogen) atoms. The van der Waals surface area contributed by atoms with Crippen LogP contribution in [-0.2, 0) is 32.2 Å². The summed E-state index contributed by atoms with van der Waals surface area (Å²) < 4.78 is 29.8. The van der Waals surface area contributed by atoms with Crippen LogP contribution in [0.5, 0.6) is 5.75 Å². The number of aliphatic hydroxyl groups excluding tert-OH is 1. The monoisotopic (exact) mass is 574 g/mol. The normalized spacial score (nSPS) is 21.6. The quantitative estimate of drug-likeness (QED) is 0.291. The molecule has 2 aromatic rings. The second kappa shape index (κ2) is 16.6. The molecule has 0 saturated carbocycles. The van der Waals surface area contributed by atoms with Crippen molar-refractivity contribution in [3.63, 3.8) is 0 Å². The third-order valence-electron chi connectivity index (χ3n) is 7.33. The molecule has 8 nitrogen and oxygen atoms in total. The number of nitrogens with one attached hydrogen (secondary N) is 1. The first kappa shape index (κ1) is 31.1. The van der Waals surface area contributed by atoms with E-state index in [2.05, 4.69) is 58.9 Å². The summed E-state index contributed by atoms with van der Waals surface area (Å²) in [6, 6.07) is 15.0. The Morgan fingerprint density at radius 3 is 2.58 bits per heavy atom. The van der Waals surface area contributed by atoms with Gasteiger partial charge < -0.3 is 39.0 Å². The van der Waals surface area contributed by atoms with Crippen LogP contribution in [0.25, 0.3) is 0 Å². The van der Waals surface area contributed by atoms with Gasteiger partial charge in [0.05, 0.1) is 57.0 Å². The zero-order chi connectivity index (χ0) is 28.2. The van der Waals surface area contributed by atoms with Crippen molar-refractivity contribution in [1.82, 2.24) is 5.32 Å². The van der Waals surface area contributed by atoms with Gasteiger partial charge in [0.15, 0.2) is 0 Å². The van der Waals surface area contributed by atoms with Crippen molar-refractivity contribution in [2.75, 3.05) is 76.6 Å². The average molecular weight is 575 g/mol. The fourth-order valence-electron chi connectivity index (χ4n) is 5.29. The number of anilines is 1. The smallest absolute Gasteiger partial charge is 0.142 e. The van der Waals surface area contributed by atoms with E-state index in [0.29, 0.717) is 33.0 Å². The highest BCUT2D eigenvalue weighted by atomic mass is 32.2. The first-order valence-corrected chi connectivity index (χ1v) is 15.8. The fourth-order valence-corrected chi connectivity index (χ4v) is 5.57. The van der Waals surface area contributed by atoms with Crippen molar-refractivity contribution in [2.45, 2.75) is 50.8 Å². The number of rotatable bonds is 16. The molecular formula is C31H46N2O6S. The largest absolute Gasteiger partial charge is 0.490 e. The van der Waals surface area contributed by atoms with Gasteiger partial charge in [-0.05, 0) is 48.4 Å². The summed E-state index contributed by atoms with van der Waals surface area (Å²) in [7, 11) is 1.74. The molecule has 2 aliphatic rings. The van der Waals surface area contributed by atoms with Crippen LogP contribution in [0.2, 0.25) is 0 Å². The van der Waals surface area contributed by atoms with E-state index in [4.69, 9.17) is 23.7 Å². The van der Waals surface area contributed by atoms with Crippen LogP contribution >= 0.6 is 11.8 Å². The van der Waals surface area contributed by atoms with E-state index < -0.39 is 6.10 Å². The van der Waals surface area contributed by atoms with Crippen LogP contribution in [-0.4, -0.2) is 95.1 Å². The Balaban J connectivity index is 1.45. The van der Waals surface area contributed by atoms with Crippen molar-refractivity contribution in [1.29, 1.82) is 0 Å². The Bertz CT molecular complexity index is 1010. The van der Waals surface area contributed by atoms with Gasteiger partial charge >= 0.3 is 0 Å². The van der Waals surface area contributed by atoms with Crippen molar-refractivity contribution >= 4 is 17.4 Å². The zero-order valence-corrected chi connectivity index (χ0v) is 25.0. The van der Waals surface area contributed by atoms with Gasteiger partial charge in [-0.2, -0.15) is 11.8 Å². The number of aliphatic hydroxyl groups is 1. The molecule has 1 fully saturated rings. The van der Waals surface area contributed by atoms with E-state index in [1.807, 2.05) is 0 Å². The highest BCUT2D eigenvalue weighted by molar-refractivity contribution is 7.98. The molecule has 0 radical (unpaired) electrons. The van der Waals surface area contributed by atoms with Crippen molar-refractivity contribution in [3.8, 4) is 5.75 Å².